The van der Waals surface area contributed by atoms with Gasteiger partial charge in [-0.25, -0.2) is 0 Å². The molecule has 0 radical (unpaired) electrons. The van der Waals surface area contributed by atoms with Gasteiger partial charge in [-0.3, -0.25) is 0 Å². The van der Waals surface area contributed by atoms with Crippen molar-refractivity contribution in [3.05, 3.63) is 23.7 Å². The van der Waals surface area contributed by atoms with Gasteiger partial charge in [0.2, 0.25) is 0 Å². The van der Waals surface area contributed by atoms with Crippen LogP contribution in [-0.4, -0.2) is 48.9 Å². The second-order valence-electron chi connectivity index (χ2n) is 5.33. The molecule has 1 saturated heterocycles. The summed E-state index contributed by atoms with van der Waals surface area (Å²) in [7, 11) is -1.95. The molecular weight excluding hydrogens is 280 g/mol. The number of rotatable bonds is 5. The van der Waals surface area contributed by atoms with E-state index in [9.17, 15) is 13.5 Å². The van der Waals surface area contributed by atoms with Gasteiger partial charge in [-0.05, 0) is 37.8 Å². The Labute approximate surface area is 120 Å². The summed E-state index contributed by atoms with van der Waals surface area (Å²) in [6, 6.07) is 3.60. The van der Waals surface area contributed by atoms with Gasteiger partial charge in [-0.15, -0.1) is 0 Å². The lowest BCUT2D eigenvalue weighted by molar-refractivity contribution is 0.161. The van der Waals surface area contributed by atoms with Gasteiger partial charge in [0, 0.05) is 26.7 Å². The Hall–Kier alpha value is -0.890. The van der Waals surface area contributed by atoms with Gasteiger partial charge >= 0.3 is 0 Å². The van der Waals surface area contributed by atoms with Crippen molar-refractivity contribution in [3.8, 4) is 0 Å². The largest absolute Gasteiger partial charge is 0.465 e. The third-order valence-electron chi connectivity index (χ3n) is 3.63. The van der Waals surface area contributed by atoms with Gasteiger partial charge in [-0.1, -0.05) is 0 Å². The summed E-state index contributed by atoms with van der Waals surface area (Å²) >= 11 is 0. The van der Waals surface area contributed by atoms with Crippen molar-refractivity contribution in [1.82, 2.24) is 8.61 Å². The quantitative estimate of drug-likeness (QED) is 0.879. The molecule has 6 nitrogen and oxygen atoms in total. The number of piperidine rings is 1. The van der Waals surface area contributed by atoms with E-state index in [-0.39, 0.29) is 19.1 Å². The summed E-state index contributed by atoms with van der Waals surface area (Å²) in [6.07, 6.45) is 1.67. The van der Waals surface area contributed by atoms with E-state index in [1.807, 2.05) is 13.0 Å². The zero-order valence-corrected chi connectivity index (χ0v) is 12.8. The molecule has 2 heterocycles. The normalized spacial score (nSPS) is 21.5. The molecule has 0 aliphatic carbocycles. The van der Waals surface area contributed by atoms with Crippen LogP contribution in [0.2, 0.25) is 0 Å². The number of aliphatic hydroxyl groups excluding tert-OH is 1. The minimum Gasteiger partial charge on any atom is -0.465 e. The molecule has 1 aliphatic heterocycles. The summed E-state index contributed by atoms with van der Waals surface area (Å²) in [5.41, 5.74) is 0. The topological polar surface area (TPSA) is 74.0 Å². The highest BCUT2D eigenvalue weighted by Gasteiger charge is 2.31. The second-order valence-corrected chi connectivity index (χ2v) is 7.36. The van der Waals surface area contributed by atoms with Gasteiger partial charge in [0.15, 0.2) is 0 Å². The Kier molecular flexibility index (Phi) is 4.85. The first kappa shape index (κ1) is 15.5. The molecule has 20 heavy (non-hydrogen) atoms. The first-order valence-corrected chi connectivity index (χ1v) is 8.20. The fourth-order valence-electron chi connectivity index (χ4n) is 2.45. The van der Waals surface area contributed by atoms with Crippen LogP contribution in [0.5, 0.6) is 0 Å². The van der Waals surface area contributed by atoms with Crippen LogP contribution < -0.4 is 0 Å². The van der Waals surface area contributed by atoms with Crippen LogP contribution in [0.4, 0.5) is 0 Å². The molecule has 0 saturated carbocycles. The molecule has 1 atom stereocenters. The lowest BCUT2D eigenvalue weighted by Crippen LogP contribution is -2.46. The predicted octanol–water partition coefficient (Wildman–Crippen LogP) is 0.969. The van der Waals surface area contributed by atoms with Crippen LogP contribution in [0.25, 0.3) is 0 Å². The number of hydrogen-bond donors (Lipinski definition) is 1. The first-order chi connectivity index (χ1) is 9.43. The Bertz CT molecular complexity index is 540. The van der Waals surface area contributed by atoms with E-state index in [4.69, 9.17) is 4.42 Å². The van der Waals surface area contributed by atoms with E-state index in [1.54, 1.807) is 13.1 Å². The Morgan fingerprint density at radius 2 is 2.25 bits per heavy atom. The van der Waals surface area contributed by atoms with Crippen LogP contribution in [0.1, 0.15) is 24.4 Å². The molecule has 114 valence electrons. The van der Waals surface area contributed by atoms with Gasteiger partial charge in [0.1, 0.15) is 11.5 Å². The van der Waals surface area contributed by atoms with Crippen molar-refractivity contribution in [3.63, 3.8) is 0 Å². The van der Waals surface area contributed by atoms with Gasteiger partial charge in [0.25, 0.3) is 10.2 Å². The van der Waals surface area contributed by atoms with E-state index < -0.39 is 10.2 Å². The SMILES string of the molecule is Cc1ccc(CN(C)S(=O)(=O)N2CCCC(CO)C2)o1. The monoisotopic (exact) mass is 302 g/mol. The fourth-order valence-corrected chi connectivity index (χ4v) is 3.90. The Balaban J connectivity index is 2.05. The van der Waals surface area contributed by atoms with Gasteiger partial charge in [0.05, 0.1) is 6.54 Å². The molecule has 0 amide bonds. The van der Waals surface area contributed by atoms with Crippen molar-refractivity contribution in [2.45, 2.75) is 26.3 Å². The molecule has 0 bridgehead atoms. The van der Waals surface area contributed by atoms with Crippen molar-refractivity contribution < 1.29 is 17.9 Å². The van der Waals surface area contributed by atoms with Crippen molar-refractivity contribution in [2.75, 3.05) is 26.7 Å². The fraction of sp³-hybridized carbons (Fsp3) is 0.692. The number of aliphatic hydroxyl groups is 1. The zero-order chi connectivity index (χ0) is 14.8. The van der Waals surface area contributed by atoms with Crippen molar-refractivity contribution in [1.29, 1.82) is 0 Å². The molecule has 1 aromatic rings. The predicted molar refractivity (Wildman–Crippen MR) is 75.2 cm³/mol. The molecule has 1 unspecified atom stereocenters. The summed E-state index contributed by atoms with van der Waals surface area (Å²) in [5, 5.41) is 9.20. The third-order valence-corrected chi connectivity index (χ3v) is 5.54. The van der Waals surface area contributed by atoms with Gasteiger partial charge in [-0.2, -0.15) is 17.0 Å². The van der Waals surface area contributed by atoms with E-state index in [1.165, 1.54) is 8.61 Å². The maximum Gasteiger partial charge on any atom is 0.282 e. The highest BCUT2D eigenvalue weighted by atomic mass is 32.2. The third kappa shape index (κ3) is 3.41. The average Bonchev–Trinajstić information content (AvgIpc) is 2.84. The van der Waals surface area contributed by atoms with Crippen LogP contribution in [0.15, 0.2) is 16.5 Å². The molecule has 2 rings (SSSR count). The summed E-state index contributed by atoms with van der Waals surface area (Å²) in [6.45, 7) is 2.98. The number of hydrogen-bond acceptors (Lipinski definition) is 4. The summed E-state index contributed by atoms with van der Waals surface area (Å²) in [5.74, 6) is 1.44. The second kappa shape index (κ2) is 6.26. The molecule has 0 spiro atoms. The Morgan fingerprint density at radius 3 is 2.85 bits per heavy atom. The van der Waals surface area contributed by atoms with Crippen LogP contribution in [0.3, 0.4) is 0 Å². The molecule has 1 aromatic heterocycles. The number of aryl methyl sites for hydroxylation is 1. The molecule has 7 heteroatoms. The zero-order valence-electron chi connectivity index (χ0n) is 11.9. The summed E-state index contributed by atoms with van der Waals surface area (Å²) in [4.78, 5) is 0. The van der Waals surface area contributed by atoms with Crippen LogP contribution in [0, 0.1) is 12.8 Å². The maximum absolute atomic E-state index is 12.5. The van der Waals surface area contributed by atoms with Crippen LogP contribution in [-0.2, 0) is 16.8 Å². The number of furan rings is 1. The van der Waals surface area contributed by atoms with Crippen molar-refractivity contribution >= 4 is 10.2 Å². The maximum atomic E-state index is 12.5. The summed E-state index contributed by atoms with van der Waals surface area (Å²) < 4.78 is 33.1. The van der Waals surface area contributed by atoms with E-state index in [2.05, 4.69) is 0 Å². The minimum atomic E-state index is -3.50. The first-order valence-electron chi connectivity index (χ1n) is 6.81. The molecule has 1 fully saturated rings. The smallest absolute Gasteiger partial charge is 0.282 e. The molecule has 1 aliphatic rings. The standard InChI is InChI=1S/C13H22N2O4S/c1-11-5-6-13(19-11)9-14(2)20(17,18)15-7-3-4-12(8-15)10-16/h5-6,12,16H,3-4,7-10H2,1-2H3. The highest BCUT2D eigenvalue weighted by molar-refractivity contribution is 7.86. The van der Waals surface area contributed by atoms with E-state index in [0.717, 1.165) is 18.6 Å². The molecular formula is C13H22N2O4S. The van der Waals surface area contributed by atoms with Crippen molar-refractivity contribution in [2.24, 2.45) is 5.92 Å². The van der Waals surface area contributed by atoms with E-state index >= 15 is 0 Å². The lowest BCUT2D eigenvalue weighted by atomic mass is 10.0. The molecule has 0 aromatic carbocycles. The Morgan fingerprint density at radius 1 is 1.50 bits per heavy atom. The van der Waals surface area contributed by atoms with E-state index in [0.29, 0.717) is 18.8 Å². The highest BCUT2D eigenvalue weighted by Crippen LogP contribution is 2.21. The average molecular weight is 302 g/mol. The van der Waals surface area contributed by atoms with Gasteiger partial charge < -0.3 is 9.52 Å². The minimum absolute atomic E-state index is 0.0348. The number of nitrogens with zero attached hydrogens (tertiary/aromatic N) is 2. The molecule has 1 N–H and O–H groups in total. The van der Waals surface area contributed by atoms with Crippen LogP contribution >= 0.6 is 0 Å². The lowest BCUT2D eigenvalue weighted by Gasteiger charge is -2.33.